The molecule has 3 unspecified atom stereocenters. The number of anilines is 1. The van der Waals surface area contributed by atoms with Gasteiger partial charge in [0.05, 0.1) is 17.2 Å². The third-order valence-corrected chi connectivity index (χ3v) is 8.54. The van der Waals surface area contributed by atoms with Gasteiger partial charge in [-0.3, -0.25) is 34.3 Å². The lowest BCUT2D eigenvalue weighted by Gasteiger charge is -2.59. The average molecular weight is 521 g/mol. The molecule has 3 aromatic rings. The minimum Gasteiger partial charge on any atom is -0.363 e. The fraction of sp³-hybridized carbons (Fsp3) is 0.290. The highest BCUT2D eigenvalue weighted by Gasteiger charge is 2.48. The molecule has 0 saturated carbocycles. The molecule has 5 aliphatic heterocycles. The summed E-state index contributed by atoms with van der Waals surface area (Å²) in [6.07, 6.45) is 1.34. The summed E-state index contributed by atoms with van der Waals surface area (Å²) in [5.74, 6) is -1.91. The van der Waals surface area contributed by atoms with Gasteiger partial charge in [0.15, 0.2) is 0 Å². The van der Waals surface area contributed by atoms with Crippen LogP contribution in [0, 0.1) is 0 Å². The molecule has 8 rings (SSSR count). The number of rotatable bonds is 5. The van der Waals surface area contributed by atoms with Crippen molar-refractivity contribution in [2.75, 3.05) is 18.0 Å². The number of nitrogens with one attached hydrogen (secondary N) is 1. The molecule has 39 heavy (non-hydrogen) atoms. The SMILES string of the molecule is O=C1CCC(N2C(=O)c3ccc(N4C5CC4CN(C(c4ccccc4)c4ccccc4)C5)cc3C2=O)C(=O)N1. The molecule has 0 aromatic heterocycles. The van der Waals surface area contributed by atoms with E-state index in [2.05, 4.69) is 63.6 Å². The second kappa shape index (κ2) is 9.17. The van der Waals surface area contributed by atoms with Crippen molar-refractivity contribution in [3.05, 3.63) is 101 Å². The normalized spacial score (nSPS) is 24.6. The zero-order chi connectivity index (χ0) is 26.7. The van der Waals surface area contributed by atoms with Crippen molar-refractivity contribution in [1.82, 2.24) is 15.1 Å². The molecular formula is C31H28N4O4. The number of nitrogens with zero attached hydrogens (tertiary/aromatic N) is 3. The van der Waals surface area contributed by atoms with Gasteiger partial charge in [-0.2, -0.15) is 0 Å². The number of piperidine rings is 2. The molecule has 4 saturated heterocycles. The minimum absolute atomic E-state index is 0.107. The lowest BCUT2D eigenvalue weighted by atomic mass is 9.83. The summed E-state index contributed by atoms with van der Waals surface area (Å²) in [7, 11) is 0. The Hall–Kier alpha value is -4.30. The predicted molar refractivity (Wildman–Crippen MR) is 144 cm³/mol. The Labute approximate surface area is 226 Å². The van der Waals surface area contributed by atoms with E-state index >= 15 is 0 Å². The van der Waals surface area contributed by atoms with E-state index in [1.807, 2.05) is 24.3 Å². The van der Waals surface area contributed by atoms with Gasteiger partial charge in [-0.25, -0.2) is 0 Å². The van der Waals surface area contributed by atoms with Crippen molar-refractivity contribution in [2.45, 2.75) is 43.4 Å². The Kier molecular flexibility index (Phi) is 5.59. The molecule has 196 valence electrons. The summed E-state index contributed by atoms with van der Waals surface area (Å²) < 4.78 is 0. The van der Waals surface area contributed by atoms with Crippen molar-refractivity contribution >= 4 is 29.3 Å². The fourth-order valence-electron chi connectivity index (χ4n) is 6.78. The van der Waals surface area contributed by atoms with E-state index in [0.29, 0.717) is 23.2 Å². The van der Waals surface area contributed by atoms with E-state index in [1.54, 1.807) is 6.07 Å². The number of amides is 4. The van der Waals surface area contributed by atoms with Crippen LogP contribution in [0.5, 0.6) is 0 Å². The van der Waals surface area contributed by atoms with Crippen LogP contribution in [0.25, 0.3) is 0 Å². The minimum atomic E-state index is -0.955. The maximum absolute atomic E-state index is 13.3. The summed E-state index contributed by atoms with van der Waals surface area (Å²) in [6, 6.07) is 26.4. The number of fused-ring (bicyclic) bond motifs is 3. The Balaban J connectivity index is 1.13. The van der Waals surface area contributed by atoms with Gasteiger partial charge in [0, 0.05) is 37.3 Å². The van der Waals surface area contributed by atoms with Crippen LogP contribution in [0.4, 0.5) is 5.69 Å². The van der Waals surface area contributed by atoms with Crippen LogP contribution in [0.2, 0.25) is 0 Å². The molecule has 5 aliphatic rings. The summed E-state index contributed by atoms with van der Waals surface area (Å²) in [5, 5.41) is 2.25. The van der Waals surface area contributed by atoms with Crippen LogP contribution >= 0.6 is 0 Å². The van der Waals surface area contributed by atoms with Crippen molar-refractivity contribution < 1.29 is 19.2 Å². The fourth-order valence-corrected chi connectivity index (χ4v) is 6.78. The van der Waals surface area contributed by atoms with Crippen molar-refractivity contribution in [2.24, 2.45) is 0 Å². The topological polar surface area (TPSA) is 90.0 Å². The third kappa shape index (κ3) is 3.86. The molecule has 2 bridgehead atoms. The predicted octanol–water partition coefficient (Wildman–Crippen LogP) is 3.14. The molecular weight excluding hydrogens is 492 g/mol. The maximum atomic E-state index is 13.3. The standard InChI is InChI=1S/C31H28N4O4/c36-27-14-13-26(29(37)32-27)35-30(38)24-12-11-21(16-25(24)31(35)39)34-22-15-23(34)18-33(17-22)28(19-7-3-1-4-8-19)20-9-5-2-6-10-20/h1-12,16,22-23,26,28H,13-15,17-18H2,(H,32,36,37). The van der Waals surface area contributed by atoms with E-state index < -0.39 is 23.8 Å². The zero-order valence-electron chi connectivity index (χ0n) is 21.3. The smallest absolute Gasteiger partial charge is 0.262 e. The molecule has 0 aliphatic carbocycles. The molecule has 3 atom stereocenters. The monoisotopic (exact) mass is 520 g/mol. The lowest BCUT2D eigenvalue weighted by Crippen LogP contribution is -2.69. The molecule has 0 spiro atoms. The number of carbonyl (C=O) groups is 4. The molecule has 4 amide bonds. The Morgan fingerprint density at radius 2 is 1.36 bits per heavy atom. The molecule has 3 aromatic carbocycles. The van der Waals surface area contributed by atoms with Gasteiger partial charge >= 0.3 is 0 Å². The number of hydrogen-bond donors (Lipinski definition) is 1. The number of piperazine rings is 1. The van der Waals surface area contributed by atoms with Gasteiger partial charge in [-0.05, 0) is 42.2 Å². The molecule has 8 nitrogen and oxygen atoms in total. The highest BCUT2D eigenvalue weighted by molar-refractivity contribution is 6.23. The Morgan fingerprint density at radius 1 is 0.744 bits per heavy atom. The summed E-state index contributed by atoms with van der Waals surface area (Å²) >= 11 is 0. The largest absolute Gasteiger partial charge is 0.363 e. The summed E-state index contributed by atoms with van der Waals surface area (Å²) in [5.41, 5.74) is 4.11. The van der Waals surface area contributed by atoms with E-state index in [-0.39, 0.29) is 24.8 Å². The van der Waals surface area contributed by atoms with Crippen molar-refractivity contribution in [1.29, 1.82) is 0 Å². The Morgan fingerprint density at radius 3 is 1.97 bits per heavy atom. The first-order valence-electron chi connectivity index (χ1n) is 13.5. The van der Waals surface area contributed by atoms with Crippen LogP contribution in [0.15, 0.2) is 78.9 Å². The quantitative estimate of drug-likeness (QED) is 0.520. The summed E-state index contributed by atoms with van der Waals surface area (Å²) in [4.78, 5) is 56.3. The third-order valence-electron chi connectivity index (χ3n) is 8.54. The number of hydrogen-bond acceptors (Lipinski definition) is 6. The van der Waals surface area contributed by atoms with Crippen LogP contribution in [0.1, 0.15) is 57.1 Å². The van der Waals surface area contributed by atoms with Crippen molar-refractivity contribution in [3.8, 4) is 0 Å². The van der Waals surface area contributed by atoms with Gasteiger partial charge < -0.3 is 4.90 Å². The first-order chi connectivity index (χ1) is 19.0. The van der Waals surface area contributed by atoms with Gasteiger partial charge in [0.25, 0.3) is 11.8 Å². The van der Waals surface area contributed by atoms with Crippen molar-refractivity contribution in [3.63, 3.8) is 0 Å². The van der Waals surface area contributed by atoms with Crippen LogP contribution in [0.3, 0.4) is 0 Å². The highest BCUT2D eigenvalue weighted by Crippen LogP contribution is 2.42. The summed E-state index contributed by atoms with van der Waals surface area (Å²) in [6.45, 7) is 1.77. The van der Waals surface area contributed by atoms with Crippen LogP contribution in [-0.2, 0) is 9.59 Å². The molecule has 5 heterocycles. The van der Waals surface area contributed by atoms with E-state index in [4.69, 9.17) is 0 Å². The highest BCUT2D eigenvalue weighted by atomic mass is 16.2. The van der Waals surface area contributed by atoms with Gasteiger partial charge in [0.2, 0.25) is 11.8 Å². The van der Waals surface area contributed by atoms with E-state index in [1.165, 1.54) is 11.1 Å². The van der Waals surface area contributed by atoms with E-state index in [0.717, 1.165) is 30.1 Å². The molecule has 8 heteroatoms. The molecule has 0 radical (unpaired) electrons. The van der Waals surface area contributed by atoms with E-state index in [9.17, 15) is 19.2 Å². The van der Waals surface area contributed by atoms with Gasteiger partial charge in [-0.15, -0.1) is 0 Å². The average Bonchev–Trinajstić information content (AvgIpc) is 3.19. The second-order valence-electron chi connectivity index (χ2n) is 10.8. The lowest BCUT2D eigenvalue weighted by molar-refractivity contribution is -0.136. The van der Waals surface area contributed by atoms with Crippen LogP contribution < -0.4 is 10.2 Å². The first-order valence-corrected chi connectivity index (χ1v) is 13.5. The molecule has 4 fully saturated rings. The Bertz CT molecular complexity index is 1440. The number of carbonyl (C=O) groups excluding carboxylic acids is 4. The number of benzene rings is 3. The van der Waals surface area contributed by atoms with Gasteiger partial charge in [0.1, 0.15) is 6.04 Å². The number of imide groups is 2. The zero-order valence-corrected chi connectivity index (χ0v) is 21.3. The van der Waals surface area contributed by atoms with Gasteiger partial charge in [-0.1, -0.05) is 60.7 Å². The second-order valence-corrected chi connectivity index (χ2v) is 10.8. The van der Waals surface area contributed by atoms with Crippen LogP contribution in [-0.4, -0.2) is 64.6 Å². The first kappa shape index (κ1) is 23.8. The molecule has 1 N–H and O–H groups in total. The maximum Gasteiger partial charge on any atom is 0.262 e.